The van der Waals surface area contributed by atoms with Gasteiger partial charge >= 0.3 is 5.69 Å². The number of nitrogens with zero attached hydrogens (tertiary/aromatic N) is 2. The minimum atomic E-state index is -1.32. The van der Waals surface area contributed by atoms with Gasteiger partial charge in [0, 0.05) is 19.0 Å². The summed E-state index contributed by atoms with van der Waals surface area (Å²) < 4.78 is 18.4. The number of rotatable bonds is 11. The van der Waals surface area contributed by atoms with Crippen molar-refractivity contribution in [1.82, 2.24) is 9.55 Å². The van der Waals surface area contributed by atoms with Crippen LogP contribution in [0.4, 0.5) is 5.82 Å². The third kappa shape index (κ3) is 5.96. The van der Waals surface area contributed by atoms with E-state index in [0.717, 1.165) is 16.7 Å². The van der Waals surface area contributed by atoms with Crippen LogP contribution in [0.2, 0.25) is 0 Å². The molecule has 0 saturated carbocycles. The number of hydrogen-bond acceptors (Lipinski definition) is 8. The highest BCUT2D eigenvalue weighted by atomic mass is 16.5. The maximum atomic E-state index is 13.0. The Labute approximate surface area is 255 Å². The van der Waals surface area contributed by atoms with Crippen LogP contribution in [0.25, 0.3) is 0 Å². The summed E-state index contributed by atoms with van der Waals surface area (Å²) in [5, 5.41) is 26.5. The molecule has 4 atom stereocenters. The van der Waals surface area contributed by atoms with Gasteiger partial charge in [-0.3, -0.25) is 9.36 Å². The Bertz CT molecular complexity index is 1560. The first-order valence-electron chi connectivity index (χ1n) is 14.6. The molecular formula is C34H37N3O7. The molecule has 0 spiro atoms. The molecule has 3 aromatic carbocycles. The fraction of sp³-hybridized carbons (Fsp3) is 0.324. The van der Waals surface area contributed by atoms with Crippen molar-refractivity contribution in [2.75, 3.05) is 19.5 Å². The molecule has 4 aromatic rings. The molecule has 0 aliphatic carbocycles. The summed E-state index contributed by atoms with van der Waals surface area (Å²) >= 11 is 0. The van der Waals surface area contributed by atoms with Crippen LogP contribution < -0.4 is 20.5 Å². The molecule has 3 N–H and O–H groups in total. The molecule has 0 radical (unpaired) electrons. The highest BCUT2D eigenvalue weighted by Crippen LogP contribution is 2.47. The number of anilines is 1. The highest BCUT2D eigenvalue weighted by Gasteiger charge is 2.52. The first-order chi connectivity index (χ1) is 21.3. The number of hydrogen-bond donors (Lipinski definition) is 3. The second kappa shape index (κ2) is 13.4. The lowest BCUT2D eigenvalue weighted by Gasteiger charge is -2.43. The molecule has 2 heterocycles. The van der Waals surface area contributed by atoms with Crippen molar-refractivity contribution >= 4 is 11.7 Å². The Morgan fingerprint density at radius 1 is 0.977 bits per heavy atom. The SMILES string of the molecule is CCCC(=O)Nc1ccn([C@H]2C[C@H](O)[C@@H](C(O)C(c3ccccc3)(c3ccc(OC)cc3)c3ccc(OC)cc3)O2)c(=O)n1. The Hall–Kier alpha value is -4.51. The van der Waals surface area contributed by atoms with Gasteiger partial charge in [0.1, 0.15) is 35.8 Å². The van der Waals surface area contributed by atoms with Gasteiger partial charge in [-0.2, -0.15) is 4.98 Å². The lowest BCUT2D eigenvalue weighted by atomic mass is 9.64. The molecule has 0 bridgehead atoms. The van der Waals surface area contributed by atoms with Crippen molar-refractivity contribution < 1.29 is 29.2 Å². The van der Waals surface area contributed by atoms with Crippen molar-refractivity contribution in [3.05, 3.63) is 118 Å². The van der Waals surface area contributed by atoms with Gasteiger partial charge in [0.2, 0.25) is 5.91 Å². The third-order valence-corrected chi connectivity index (χ3v) is 8.10. The van der Waals surface area contributed by atoms with Crippen LogP contribution >= 0.6 is 0 Å². The van der Waals surface area contributed by atoms with Gasteiger partial charge in [0.05, 0.1) is 25.7 Å². The molecule has 44 heavy (non-hydrogen) atoms. The van der Waals surface area contributed by atoms with Gasteiger partial charge in [-0.15, -0.1) is 0 Å². The number of carbonyl (C=O) groups is 1. The van der Waals surface area contributed by atoms with Gasteiger partial charge in [-0.05, 0) is 53.4 Å². The van der Waals surface area contributed by atoms with E-state index < -0.39 is 35.6 Å². The van der Waals surface area contributed by atoms with Gasteiger partial charge in [0.25, 0.3) is 0 Å². The van der Waals surface area contributed by atoms with E-state index in [9.17, 15) is 19.8 Å². The van der Waals surface area contributed by atoms with Crippen molar-refractivity contribution in [3.63, 3.8) is 0 Å². The number of carbonyl (C=O) groups excluding carboxylic acids is 1. The van der Waals surface area contributed by atoms with E-state index in [4.69, 9.17) is 14.2 Å². The van der Waals surface area contributed by atoms with Crippen LogP contribution in [0, 0.1) is 0 Å². The number of methoxy groups -OCH3 is 2. The average Bonchev–Trinajstić information content (AvgIpc) is 3.43. The van der Waals surface area contributed by atoms with Crippen LogP contribution in [-0.4, -0.2) is 58.2 Å². The number of aliphatic hydroxyl groups excluding tert-OH is 2. The fourth-order valence-corrected chi connectivity index (χ4v) is 5.93. The molecule has 230 valence electrons. The second-order valence-corrected chi connectivity index (χ2v) is 10.7. The van der Waals surface area contributed by atoms with Crippen LogP contribution in [0.15, 0.2) is 95.9 Å². The summed E-state index contributed by atoms with van der Waals surface area (Å²) in [5.74, 6) is 1.21. The lowest BCUT2D eigenvalue weighted by Crippen LogP contribution is -2.51. The summed E-state index contributed by atoms with van der Waals surface area (Å²) in [6.45, 7) is 1.88. The van der Waals surface area contributed by atoms with E-state index in [1.807, 2.05) is 85.8 Å². The minimum Gasteiger partial charge on any atom is -0.497 e. The van der Waals surface area contributed by atoms with Crippen molar-refractivity contribution in [2.24, 2.45) is 0 Å². The summed E-state index contributed by atoms with van der Waals surface area (Å²) in [5.41, 5.74) is 0.399. The predicted octanol–water partition coefficient (Wildman–Crippen LogP) is 4.04. The summed E-state index contributed by atoms with van der Waals surface area (Å²) in [6.07, 6.45) is -1.94. The largest absolute Gasteiger partial charge is 0.497 e. The number of aliphatic hydroxyl groups is 2. The average molecular weight is 600 g/mol. The zero-order chi connectivity index (χ0) is 31.3. The number of amides is 1. The number of benzene rings is 3. The third-order valence-electron chi connectivity index (χ3n) is 8.10. The Balaban J connectivity index is 1.57. The topological polar surface area (TPSA) is 132 Å². The summed E-state index contributed by atoms with van der Waals surface area (Å²) in [7, 11) is 3.17. The normalized spacial score (nSPS) is 18.9. The first kappa shape index (κ1) is 30.9. The second-order valence-electron chi connectivity index (χ2n) is 10.7. The summed E-state index contributed by atoms with van der Waals surface area (Å²) in [6, 6.07) is 25.9. The zero-order valence-electron chi connectivity index (χ0n) is 24.9. The van der Waals surface area contributed by atoms with Crippen molar-refractivity contribution in [2.45, 2.75) is 56.1 Å². The first-order valence-corrected chi connectivity index (χ1v) is 14.6. The summed E-state index contributed by atoms with van der Waals surface area (Å²) in [4.78, 5) is 29.0. The monoisotopic (exact) mass is 599 g/mol. The molecule has 1 saturated heterocycles. The number of ether oxygens (including phenoxy) is 3. The van der Waals surface area contributed by atoms with E-state index in [2.05, 4.69) is 10.3 Å². The molecule has 1 unspecified atom stereocenters. The molecule has 1 amide bonds. The maximum Gasteiger partial charge on any atom is 0.351 e. The van der Waals surface area contributed by atoms with Crippen LogP contribution in [-0.2, 0) is 14.9 Å². The Morgan fingerprint density at radius 3 is 2.07 bits per heavy atom. The molecule has 1 aliphatic rings. The smallest absolute Gasteiger partial charge is 0.351 e. The lowest BCUT2D eigenvalue weighted by molar-refractivity contribution is -0.116. The minimum absolute atomic E-state index is 0.0426. The number of nitrogens with one attached hydrogen (secondary N) is 1. The zero-order valence-corrected chi connectivity index (χ0v) is 24.9. The maximum absolute atomic E-state index is 13.0. The number of aromatic nitrogens is 2. The van der Waals surface area contributed by atoms with E-state index in [-0.39, 0.29) is 18.1 Å². The molecular weight excluding hydrogens is 562 g/mol. The molecule has 5 rings (SSSR count). The molecule has 10 heteroatoms. The van der Waals surface area contributed by atoms with Gasteiger partial charge in [0.15, 0.2) is 0 Å². The molecule has 1 fully saturated rings. The molecule has 1 aromatic heterocycles. The van der Waals surface area contributed by atoms with Crippen LogP contribution in [0.5, 0.6) is 11.5 Å². The van der Waals surface area contributed by atoms with Gasteiger partial charge < -0.3 is 29.7 Å². The predicted molar refractivity (Wildman–Crippen MR) is 165 cm³/mol. The van der Waals surface area contributed by atoms with E-state index in [0.29, 0.717) is 24.3 Å². The van der Waals surface area contributed by atoms with Crippen molar-refractivity contribution in [3.8, 4) is 11.5 Å². The van der Waals surface area contributed by atoms with Crippen LogP contribution in [0.1, 0.15) is 49.1 Å². The van der Waals surface area contributed by atoms with Crippen molar-refractivity contribution in [1.29, 1.82) is 0 Å². The quantitative estimate of drug-likeness (QED) is 0.220. The van der Waals surface area contributed by atoms with E-state index in [1.165, 1.54) is 16.8 Å². The van der Waals surface area contributed by atoms with E-state index >= 15 is 0 Å². The molecule has 10 nitrogen and oxygen atoms in total. The van der Waals surface area contributed by atoms with Gasteiger partial charge in [-0.1, -0.05) is 61.5 Å². The molecule has 1 aliphatic heterocycles. The van der Waals surface area contributed by atoms with Gasteiger partial charge in [-0.25, -0.2) is 4.79 Å². The standard InChI is InChI=1S/C34H37N3O7/c1-4-8-29(39)35-28-19-20-37(33(41)36-28)30-21-27(38)31(44-30)32(40)34(22-9-6-5-7-10-22,23-11-15-25(42-2)16-12-23)24-13-17-26(43-3)18-14-24/h5-7,9-20,27,30-32,38,40H,4,8,21H2,1-3H3,(H,35,36,39,41)/t27-,30+,31-,32?/m0/s1. The van der Waals surface area contributed by atoms with Crippen LogP contribution in [0.3, 0.4) is 0 Å². The highest BCUT2D eigenvalue weighted by molar-refractivity contribution is 5.89. The fourth-order valence-electron chi connectivity index (χ4n) is 5.93. The Kier molecular flexibility index (Phi) is 9.43. The Morgan fingerprint density at radius 2 is 1.55 bits per heavy atom. The van der Waals surface area contributed by atoms with E-state index in [1.54, 1.807) is 14.2 Å².